The van der Waals surface area contributed by atoms with E-state index < -0.39 is 0 Å². The van der Waals surface area contributed by atoms with E-state index in [1.807, 2.05) is 71.8 Å². The van der Waals surface area contributed by atoms with Crippen molar-refractivity contribution in [2.75, 3.05) is 38.2 Å². The Kier molecular flexibility index (Phi) is 5.98. The van der Waals surface area contributed by atoms with Gasteiger partial charge in [0, 0.05) is 72.5 Å². The van der Waals surface area contributed by atoms with Crippen LogP contribution < -0.4 is 9.64 Å². The van der Waals surface area contributed by atoms with Gasteiger partial charge in [0.05, 0.1) is 7.11 Å². The van der Waals surface area contributed by atoms with Gasteiger partial charge in [-0.15, -0.1) is 0 Å². The fraction of sp³-hybridized carbons (Fsp3) is 0.172. The van der Waals surface area contributed by atoms with Gasteiger partial charge in [-0.1, -0.05) is 24.3 Å². The van der Waals surface area contributed by atoms with E-state index in [-0.39, 0.29) is 5.91 Å². The van der Waals surface area contributed by atoms with Gasteiger partial charge in [0.2, 0.25) is 0 Å². The zero-order chi connectivity index (χ0) is 25.2. The van der Waals surface area contributed by atoms with Crippen molar-refractivity contribution in [2.24, 2.45) is 0 Å². The largest absolute Gasteiger partial charge is 0.496 e. The van der Waals surface area contributed by atoms with Crippen LogP contribution in [0.4, 0.5) is 5.69 Å². The predicted octanol–water partition coefficient (Wildman–Crippen LogP) is 4.66. The van der Waals surface area contributed by atoms with Gasteiger partial charge in [-0.25, -0.2) is 4.98 Å². The number of piperazine rings is 1. The maximum absolute atomic E-state index is 13.4. The number of aromatic amines is 1. The highest BCUT2D eigenvalue weighted by atomic mass is 16.5. The van der Waals surface area contributed by atoms with E-state index in [9.17, 15) is 4.79 Å². The van der Waals surface area contributed by atoms with E-state index in [2.05, 4.69) is 31.1 Å². The molecule has 1 saturated heterocycles. The molecule has 1 amide bonds. The Morgan fingerprint density at radius 3 is 2.54 bits per heavy atom. The molecule has 0 atom stereocenters. The summed E-state index contributed by atoms with van der Waals surface area (Å²) in [6.45, 7) is 2.94. The molecule has 0 aliphatic carbocycles. The number of hydrogen-bond donors (Lipinski definition) is 1. The first-order chi connectivity index (χ1) is 18.2. The minimum Gasteiger partial charge on any atom is -0.496 e. The predicted molar refractivity (Wildman–Crippen MR) is 144 cm³/mol. The van der Waals surface area contributed by atoms with Crippen molar-refractivity contribution in [3.8, 4) is 28.1 Å². The minimum absolute atomic E-state index is 0.0447. The summed E-state index contributed by atoms with van der Waals surface area (Å²) in [5.41, 5.74) is 6.03. The number of H-pyrrole nitrogens is 1. The van der Waals surface area contributed by atoms with Crippen molar-refractivity contribution >= 4 is 22.6 Å². The van der Waals surface area contributed by atoms with Crippen LogP contribution in [0.5, 0.6) is 5.75 Å². The quantitative estimate of drug-likeness (QED) is 0.386. The molecule has 0 spiro atoms. The van der Waals surface area contributed by atoms with Gasteiger partial charge in [-0.05, 0) is 48.0 Å². The Hall–Kier alpha value is -4.72. The molecule has 8 heteroatoms. The van der Waals surface area contributed by atoms with E-state index in [0.29, 0.717) is 24.3 Å². The summed E-state index contributed by atoms with van der Waals surface area (Å²) >= 11 is 0. The van der Waals surface area contributed by atoms with Gasteiger partial charge >= 0.3 is 0 Å². The number of pyridine rings is 2. The van der Waals surface area contributed by atoms with E-state index in [0.717, 1.165) is 52.3 Å². The molecule has 1 fully saturated rings. The molecule has 37 heavy (non-hydrogen) atoms. The average Bonchev–Trinajstić information content (AvgIpc) is 3.40. The number of aromatic nitrogens is 4. The number of benzene rings is 2. The second-order valence-corrected chi connectivity index (χ2v) is 8.96. The molecule has 4 heterocycles. The zero-order valence-electron chi connectivity index (χ0n) is 20.5. The first-order valence-corrected chi connectivity index (χ1v) is 12.2. The highest BCUT2D eigenvalue weighted by Crippen LogP contribution is 2.34. The fourth-order valence-corrected chi connectivity index (χ4v) is 4.84. The lowest BCUT2D eigenvalue weighted by molar-refractivity contribution is 0.0747. The normalized spacial score (nSPS) is 13.6. The topological polar surface area (TPSA) is 87.2 Å². The van der Waals surface area contributed by atoms with Crippen LogP contribution in [0.2, 0.25) is 0 Å². The summed E-state index contributed by atoms with van der Waals surface area (Å²) in [5.74, 6) is 0.793. The Morgan fingerprint density at radius 1 is 0.919 bits per heavy atom. The number of methoxy groups -OCH3 is 1. The van der Waals surface area contributed by atoms with Crippen LogP contribution in [0.1, 0.15) is 10.4 Å². The maximum Gasteiger partial charge on any atom is 0.253 e. The van der Waals surface area contributed by atoms with Gasteiger partial charge in [0.15, 0.2) is 5.65 Å². The molecule has 5 aromatic rings. The SMILES string of the molecule is COc1ccccc1-c1n[nH]c2ncc(-c3cccc(C(=O)N4CCN(c5ccncc5)CC4)c3)cc12. The van der Waals surface area contributed by atoms with Gasteiger partial charge in [-0.2, -0.15) is 5.10 Å². The van der Waals surface area contributed by atoms with E-state index in [1.165, 1.54) is 0 Å². The zero-order valence-corrected chi connectivity index (χ0v) is 20.5. The van der Waals surface area contributed by atoms with E-state index in [1.54, 1.807) is 19.5 Å². The summed E-state index contributed by atoms with van der Waals surface area (Å²) < 4.78 is 5.54. The smallest absolute Gasteiger partial charge is 0.253 e. The monoisotopic (exact) mass is 490 g/mol. The molecule has 0 saturated carbocycles. The fourth-order valence-electron chi connectivity index (χ4n) is 4.84. The maximum atomic E-state index is 13.4. The van der Waals surface area contributed by atoms with E-state index in [4.69, 9.17) is 4.74 Å². The Morgan fingerprint density at radius 2 is 1.73 bits per heavy atom. The van der Waals surface area contributed by atoms with Crippen LogP contribution in [0.15, 0.2) is 85.3 Å². The van der Waals surface area contributed by atoms with Crippen LogP contribution in [0.25, 0.3) is 33.4 Å². The molecule has 0 radical (unpaired) electrons. The number of carbonyl (C=O) groups is 1. The third kappa shape index (κ3) is 4.38. The Balaban J connectivity index is 1.25. The third-order valence-corrected chi connectivity index (χ3v) is 6.82. The lowest BCUT2D eigenvalue weighted by Crippen LogP contribution is -2.48. The van der Waals surface area contributed by atoms with Crippen LogP contribution in [-0.2, 0) is 0 Å². The number of rotatable bonds is 5. The van der Waals surface area contributed by atoms with Gasteiger partial charge in [-0.3, -0.25) is 14.9 Å². The van der Waals surface area contributed by atoms with Crippen molar-refractivity contribution in [1.82, 2.24) is 25.1 Å². The third-order valence-electron chi connectivity index (χ3n) is 6.82. The summed E-state index contributed by atoms with van der Waals surface area (Å²) in [7, 11) is 1.65. The second-order valence-electron chi connectivity index (χ2n) is 8.96. The van der Waals surface area contributed by atoms with Gasteiger partial charge in [0.25, 0.3) is 5.91 Å². The molecule has 6 rings (SSSR count). The lowest BCUT2D eigenvalue weighted by Gasteiger charge is -2.36. The molecule has 2 aromatic carbocycles. The van der Waals surface area contributed by atoms with Crippen molar-refractivity contribution < 1.29 is 9.53 Å². The molecule has 0 bridgehead atoms. The second kappa shape index (κ2) is 9.73. The number of nitrogens with zero attached hydrogens (tertiary/aromatic N) is 5. The van der Waals surface area contributed by atoms with Crippen LogP contribution in [-0.4, -0.2) is 64.3 Å². The first-order valence-electron chi connectivity index (χ1n) is 12.2. The number of anilines is 1. The van der Waals surface area contributed by atoms with Gasteiger partial charge < -0.3 is 14.5 Å². The average molecular weight is 491 g/mol. The molecule has 1 N–H and O–H groups in total. The summed E-state index contributed by atoms with van der Waals surface area (Å²) in [6, 6.07) is 21.6. The molecular formula is C29H26N6O2. The molecule has 1 aliphatic rings. The molecule has 0 unspecified atom stereocenters. The van der Waals surface area contributed by atoms with Gasteiger partial charge in [0.1, 0.15) is 11.4 Å². The van der Waals surface area contributed by atoms with Crippen molar-refractivity contribution in [2.45, 2.75) is 0 Å². The Labute approximate surface area is 214 Å². The van der Waals surface area contributed by atoms with Crippen LogP contribution in [0.3, 0.4) is 0 Å². The lowest BCUT2D eigenvalue weighted by atomic mass is 10.0. The minimum atomic E-state index is 0.0447. The highest BCUT2D eigenvalue weighted by molar-refractivity contribution is 5.97. The molecule has 184 valence electrons. The highest BCUT2D eigenvalue weighted by Gasteiger charge is 2.23. The summed E-state index contributed by atoms with van der Waals surface area (Å²) in [6.07, 6.45) is 5.41. The molecular weight excluding hydrogens is 464 g/mol. The van der Waals surface area contributed by atoms with Crippen LogP contribution >= 0.6 is 0 Å². The molecule has 1 aliphatic heterocycles. The number of hydrogen-bond acceptors (Lipinski definition) is 6. The summed E-state index contributed by atoms with van der Waals surface area (Å²) in [5, 5.41) is 8.42. The number of nitrogens with one attached hydrogen (secondary N) is 1. The van der Waals surface area contributed by atoms with Crippen molar-refractivity contribution in [3.63, 3.8) is 0 Å². The standard InChI is InChI=1S/C29H26N6O2/c1-37-26-8-3-2-7-24(26)27-25-18-22(19-31-28(25)33-32-27)20-5-4-6-21(17-20)29(36)35-15-13-34(14-16-35)23-9-11-30-12-10-23/h2-12,17-19H,13-16H2,1H3,(H,31,32,33). The number of amides is 1. The Bertz CT molecular complexity index is 1560. The molecule has 3 aromatic heterocycles. The van der Waals surface area contributed by atoms with E-state index >= 15 is 0 Å². The first kappa shape index (κ1) is 22.7. The van der Waals surface area contributed by atoms with Crippen molar-refractivity contribution in [3.05, 3.63) is 90.9 Å². The van der Waals surface area contributed by atoms with Crippen molar-refractivity contribution in [1.29, 1.82) is 0 Å². The number of carbonyl (C=O) groups excluding carboxylic acids is 1. The molecule has 8 nitrogen and oxygen atoms in total. The van der Waals surface area contributed by atoms with Crippen LogP contribution in [0, 0.1) is 0 Å². The number of fused-ring (bicyclic) bond motifs is 1. The summed E-state index contributed by atoms with van der Waals surface area (Å²) in [4.78, 5) is 26.3. The number of ether oxygens (including phenoxy) is 1. The number of para-hydroxylation sites is 1.